The van der Waals surface area contributed by atoms with E-state index in [4.69, 9.17) is 14.6 Å². The van der Waals surface area contributed by atoms with Crippen molar-refractivity contribution in [2.75, 3.05) is 20.3 Å². The van der Waals surface area contributed by atoms with Crippen molar-refractivity contribution < 1.29 is 19.4 Å². The second kappa shape index (κ2) is 7.88. The lowest BCUT2D eigenvalue weighted by atomic mass is 10.2. The number of rotatable bonds is 6. The van der Waals surface area contributed by atoms with Crippen molar-refractivity contribution in [1.29, 1.82) is 0 Å². The Hall–Kier alpha value is -1.75. The first-order valence-electron chi connectivity index (χ1n) is 7.07. The van der Waals surface area contributed by atoms with Gasteiger partial charge in [-0.1, -0.05) is 12.1 Å². The van der Waals surface area contributed by atoms with Crippen molar-refractivity contribution in [3.8, 4) is 5.75 Å². The van der Waals surface area contributed by atoms with Crippen LogP contribution in [-0.4, -0.2) is 42.0 Å². The molecule has 5 heteroatoms. The molecule has 0 spiro atoms. The maximum atomic E-state index is 12.2. The average molecular weight is 295 g/mol. The molecule has 0 aliphatic carbocycles. The molecule has 0 aromatic heterocycles. The Kier molecular flexibility index (Phi) is 6.49. The summed E-state index contributed by atoms with van der Waals surface area (Å²) in [6.45, 7) is 6.45. The van der Waals surface area contributed by atoms with Crippen LogP contribution in [-0.2, 0) is 11.3 Å². The zero-order valence-electron chi connectivity index (χ0n) is 13.3. The topological polar surface area (TPSA) is 59.0 Å². The molecule has 1 aromatic carbocycles. The Labute approximate surface area is 126 Å². The first kappa shape index (κ1) is 17.3. The van der Waals surface area contributed by atoms with E-state index in [1.54, 1.807) is 12.0 Å². The third kappa shape index (κ3) is 6.49. The number of aliphatic hydroxyl groups is 1. The molecule has 1 N–H and O–H groups in total. The quantitative estimate of drug-likeness (QED) is 0.876. The van der Waals surface area contributed by atoms with E-state index < -0.39 is 5.60 Å². The summed E-state index contributed by atoms with van der Waals surface area (Å²) >= 11 is 0. The molecule has 0 atom stereocenters. The summed E-state index contributed by atoms with van der Waals surface area (Å²) in [7, 11) is 1.61. The number of hydrogen-bond acceptors (Lipinski definition) is 4. The van der Waals surface area contributed by atoms with Gasteiger partial charge in [-0.2, -0.15) is 0 Å². The zero-order valence-corrected chi connectivity index (χ0v) is 13.3. The van der Waals surface area contributed by atoms with Crippen LogP contribution in [0.4, 0.5) is 4.79 Å². The summed E-state index contributed by atoms with van der Waals surface area (Å²) in [5.74, 6) is 0.776. The first-order valence-corrected chi connectivity index (χ1v) is 7.07. The van der Waals surface area contributed by atoms with Gasteiger partial charge in [0.2, 0.25) is 0 Å². The van der Waals surface area contributed by atoms with E-state index >= 15 is 0 Å². The molecule has 0 radical (unpaired) electrons. The number of amides is 1. The predicted octanol–water partition coefficient (Wildman–Crippen LogP) is 2.81. The average Bonchev–Trinajstić information content (AvgIpc) is 2.42. The lowest BCUT2D eigenvalue weighted by molar-refractivity contribution is 0.0224. The van der Waals surface area contributed by atoms with Crippen molar-refractivity contribution in [2.45, 2.75) is 39.3 Å². The van der Waals surface area contributed by atoms with E-state index in [1.165, 1.54) is 0 Å². The maximum absolute atomic E-state index is 12.2. The molecule has 0 bridgehead atoms. The van der Waals surface area contributed by atoms with E-state index in [0.29, 0.717) is 19.5 Å². The number of benzene rings is 1. The second-order valence-electron chi connectivity index (χ2n) is 5.83. The summed E-state index contributed by atoms with van der Waals surface area (Å²) in [5.41, 5.74) is 0.452. The normalized spacial score (nSPS) is 11.1. The van der Waals surface area contributed by atoms with Crippen LogP contribution in [0.25, 0.3) is 0 Å². The molecule has 1 aromatic rings. The highest BCUT2D eigenvalue weighted by Crippen LogP contribution is 2.16. The summed E-state index contributed by atoms with van der Waals surface area (Å²) in [6, 6.07) is 7.54. The summed E-state index contributed by atoms with van der Waals surface area (Å²) in [6.07, 6.45) is 0.154. The monoisotopic (exact) mass is 295 g/mol. The first-order chi connectivity index (χ1) is 9.85. The summed E-state index contributed by atoms with van der Waals surface area (Å²) in [4.78, 5) is 13.8. The number of nitrogens with zero attached hydrogens (tertiary/aromatic N) is 1. The number of ether oxygens (including phenoxy) is 2. The minimum Gasteiger partial charge on any atom is -0.497 e. The van der Waals surface area contributed by atoms with Gasteiger partial charge in [0, 0.05) is 19.7 Å². The van der Waals surface area contributed by atoms with Crippen molar-refractivity contribution >= 4 is 6.09 Å². The number of hydrogen-bond donors (Lipinski definition) is 1. The number of carbonyl (C=O) groups is 1. The van der Waals surface area contributed by atoms with Crippen LogP contribution in [0, 0.1) is 0 Å². The van der Waals surface area contributed by atoms with E-state index in [9.17, 15) is 4.79 Å². The van der Waals surface area contributed by atoms with Gasteiger partial charge < -0.3 is 19.5 Å². The highest BCUT2D eigenvalue weighted by molar-refractivity contribution is 5.68. The molecular weight excluding hydrogens is 270 g/mol. The molecule has 1 amide bonds. The molecule has 118 valence electrons. The molecule has 0 fully saturated rings. The standard InChI is InChI=1S/C16H25NO4/c1-16(2,3)21-15(19)17(10-5-11-18)12-13-6-8-14(20-4)9-7-13/h6-9,18H,5,10-12H2,1-4H3. The van der Waals surface area contributed by atoms with Crippen LogP contribution in [0.1, 0.15) is 32.8 Å². The van der Waals surface area contributed by atoms with Crippen LogP contribution in [0.5, 0.6) is 5.75 Å². The van der Waals surface area contributed by atoms with Gasteiger partial charge in [0.25, 0.3) is 0 Å². The Balaban J connectivity index is 2.74. The fourth-order valence-electron chi connectivity index (χ4n) is 1.77. The van der Waals surface area contributed by atoms with E-state index in [1.807, 2.05) is 45.0 Å². The summed E-state index contributed by atoms with van der Waals surface area (Å²) < 4.78 is 10.5. The van der Waals surface area contributed by atoms with Gasteiger partial charge in [-0.15, -0.1) is 0 Å². The third-order valence-electron chi connectivity index (χ3n) is 2.77. The Bertz CT molecular complexity index is 437. The number of methoxy groups -OCH3 is 1. The Morgan fingerprint density at radius 1 is 1.24 bits per heavy atom. The van der Waals surface area contributed by atoms with Crippen molar-refractivity contribution in [3.05, 3.63) is 29.8 Å². The van der Waals surface area contributed by atoms with E-state index in [0.717, 1.165) is 11.3 Å². The van der Waals surface area contributed by atoms with E-state index in [-0.39, 0.29) is 12.7 Å². The minimum atomic E-state index is -0.533. The van der Waals surface area contributed by atoms with Gasteiger partial charge in [-0.25, -0.2) is 4.79 Å². The van der Waals surface area contributed by atoms with Gasteiger partial charge in [0.05, 0.1) is 7.11 Å². The van der Waals surface area contributed by atoms with Gasteiger partial charge >= 0.3 is 6.09 Å². The molecule has 5 nitrogen and oxygen atoms in total. The lowest BCUT2D eigenvalue weighted by Crippen LogP contribution is -2.37. The number of carbonyl (C=O) groups excluding carboxylic acids is 1. The predicted molar refractivity (Wildman–Crippen MR) is 81.3 cm³/mol. The van der Waals surface area contributed by atoms with Gasteiger partial charge in [-0.3, -0.25) is 0 Å². The molecular formula is C16H25NO4. The molecule has 0 aliphatic rings. The molecule has 0 saturated carbocycles. The van der Waals surface area contributed by atoms with Crippen LogP contribution in [0.3, 0.4) is 0 Å². The highest BCUT2D eigenvalue weighted by Gasteiger charge is 2.22. The molecule has 0 heterocycles. The molecule has 1 rings (SSSR count). The highest BCUT2D eigenvalue weighted by atomic mass is 16.6. The Morgan fingerprint density at radius 2 is 1.86 bits per heavy atom. The smallest absolute Gasteiger partial charge is 0.410 e. The van der Waals surface area contributed by atoms with Crippen molar-refractivity contribution in [1.82, 2.24) is 4.90 Å². The van der Waals surface area contributed by atoms with Crippen molar-refractivity contribution in [2.24, 2.45) is 0 Å². The molecule has 0 unspecified atom stereocenters. The lowest BCUT2D eigenvalue weighted by Gasteiger charge is -2.27. The SMILES string of the molecule is COc1ccc(CN(CCCO)C(=O)OC(C)(C)C)cc1. The molecule has 0 aliphatic heterocycles. The van der Waals surface area contributed by atoms with Crippen LogP contribution < -0.4 is 4.74 Å². The number of aliphatic hydroxyl groups excluding tert-OH is 1. The third-order valence-corrected chi connectivity index (χ3v) is 2.77. The molecule has 0 saturated heterocycles. The van der Waals surface area contributed by atoms with Crippen LogP contribution in [0.2, 0.25) is 0 Å². The van der Waals surface area contributed by atoms with E-state index in [2.05, 4.69) is 0 Å². The van der Waals surface area contributed by atoms with Crippen LogP contribution >= 0.6 is 0 Å². The van der Waals surface area contributed by atoms with Crippen molar-refractivity contribution in [3.63, 3.8) is 0 Å². The largest absolute Gasteiger partial charge is 0.497 e. The zero-order chi connectivity index (χ0) is 15.9. The fraction of sp³-hybridized carbons (Fsp3) is 0.562. The minimum absolute atomic E-state index is 0.0436. The summed E-state index contributed by atoms with van der Waals surface area (Å²) in [5, 5.41) is 8.97. The maximum Gasteiger partial charge on any atom is 0.410 e. The van der Waals surface area contributed by atoms with Gasteiger partial charge in [0.15, 0.2) is 0 Å². The van der Waals surface area contributed by atoms with Gasteiger partial charge in [-0.05, 0) is 44.9 Å². The van der Waals surface area contributed by atoms with Gasteiger partial charge in [0.1, 0.15) is 11.4 Å². The molecule has 21 heavy (non-hydrogen) atoms. The fourth-order valence-corrected chi connectivity index (χ4v) is 1.77. The second-order valence-corrected chi connectivity index (χ2v) is 5.83. The van der Waals surface area contributed by atoms with Crippen LogP contribution in [0.15, 0.2) is 24.3 Å². The Morgan fingerprint density at radius 3 is 2.33 bits per heavy atom.